The Morgan fingerprint density at radius 3 is 2.76 bits per heavy atom. The Kier molecular flexibility index (Phi) is 3.63. The minimum Gasteiger partial charge on any atom is -0.367 e. The molecule has 2 unspecified atom stereocenters. The Morgan fingerprint density at radius 1 is 1.47 bits per heavy atom. The average molecular weight is 241 g/mol. The third kappa shape index (κ3) is 3.17. The van der Waals surface area contributed by atoms with Gasteiger partial charge in [-0.1, -0.05) is 0 Å². The van der Waals surface area contributed by atoms with Crippen LogP contribution in [0, 0.1) is 0 Å². The number of carbonyl (C=O) groups is 2. The Bertz CT molecular complexity index is 317. The van der Waals surface area contributed by atoms with Gasteiger partial charge in [-0.3, -0.25) is 14.5 Å². The summed E-state index contributed by atoms with van der Waals surface area (Å²) in [6.45, 7) is 3.34. The SMILES string of the molecule is CC(C(=O)NC1CC1)N1CCOC(C(N)=O)C1. The van der Waals surface area contributed by atoms with Crippen molar-refractivity contribution in [3.63, 3.8) is 0 Å². The number of morpholine rings is 1. The van der Waals surface area contributed by atoms with E-state index in [2.05, 4.69) is 5.32 Å². The highest BCUT2D eigenvalue weighted by atomic mass is 16.5. The second-order valence-corrected chi connectivity index (χ2v) is 4.72. The van der Waals surface area contributed by atoms with Crippen LogP contribution in [0.1, 0.15) is 19.8 Å². The number of hydrogen-bond acceptors (Lipinski definition) is 4. The zero-order valence-corrected chi connectivity index (χ0v) is 10.0. The first-order valence-electron chi connectivity index (χ1n) is 6.03. The molecule has 3 N–H and O–H groups in total. The molecular weight excluding hydrogens is 222 g/mol. The summed E-state index contributed by atoms with van der Waals surface area (Å²) >= 11 is 0. The van der Waals surface area contributed by atoms with Crippen molar-refractivity contribution < 1.29 is 14.3 Å². The summed E-state index contributed by atoms with van der Waals surface area (Å²) < 4.78 is 5.25. The van der Waals surface area contributed by atoms with E-state index in [1.807, 2.05) is 11.8 Å². The zero-order valence-electron chi connectivity index (χ0n) is 10.0. The predicted octanol–water partition coefficient (Wildman–Crippen LogP) is -1.16. The van der Waals surface area contributed by atoms with Crippen LogP contribution >= 0.6 is 0 Å². The van der Waals surface area contributed by atoms with E-state index in [0.717, 1.165) is 12.8 Å². The Morgan fingerprint density at radius 2 is 2.18 bits per heavy atom. The van der Waals surface area contributed by atoms with Crippen molar-refractivity contribution in [3.05, 3.63) is 0 Å². The quantitative estimate of drug-likeness (QED) is 0.650. The maximum absolute atomic E-state index is 11.9. The smallest absolute Gasteiger partial charge is 0.247 e. The summed E-state index contributed by atoms with van der Waals surface area (Å²) in [5.74, 6) is -0.442. The molecule has 6 nitrogen and oxygen atoms in total. The molecule has 0 aromatic carbocycles. The molecule has 0 aromatic heterocycles. The summed E-state index contributed by atoms with van der Waals surface area (Å²) in [4.78, 5) is 24.9. The maximum Gasteiger partial charge on any atom is 0.247 e. The monoisotopic (exact) mass is 241 g/mol. The fourth-order valence-corrected chi connectivity index (χ4v) is 1.91. The number of hydrogen-bond donors (Lipinski definition) is 2. The van der Waals surface area contributed by atoms with Crippen LogP contribution in [0.5, 0.6) is 0 Å². The summed E-state index contributed by atoms with van der Waals surface area (Å²) in [5, 5.41) is 2.96. The second-order valence-electron chi connectivity index (χ2n) is 4.72. The average Bonchev–Trinajstić information content (AvgIpc) is 3.12. The second kappa shape index (κ2) is 5.01. The molecule has 1 heterocycles. The molecule has 0 radical (unpaired) electrons. The normalized spacial score (nSPS) is 27.5. The molecule has 1 aliphatic carbocycles. The molecule has 0 bridgehead atoms. The molecule has 17 heavy (non-hydrogen) atoms. The van der Waals surface area contributed by atoms with E-state index in [0.29, 0.717) is 25.7 Å². The summed E-state index contributed by atoms with van der Waals surface area (Å²) in [6.07, 6.45) is 1.55. The number of amides is 2. The molecule has 1 saturated heterocycles. The largest absolute Gasteiger partial charge is 0.367 e. The fraction of sp³-hybridized carbons (Fsp3) is 0.818. The fourth-order valence-electron chi connectivity index (χ4n) is 1.91. The van der Waals surface area contributed by atoms with Crippen LogP contribution in [0.3, 0.4) is 0 Å². The van der Waals surface area contributed by atoms with Gasteiger partial charge in [0, 0.05) is 19.1 Å². The van der Waals surface area contributed by atoms with Crippen molar-refractivity contribution in [2.24, 2.45) is 5.73 Å². The third-order valence-corrected chi connectivity index (χ3v) is 3.27. The van der Waals surface area contributed by atoms with E-state index in [9.17, 15) is 9.59 Å². The summed E-state index contributed by atoms with van der Waals surface area (Å²) in [7, 11) is 0. The minimum absolute atomic E-state index is 0.0256. The van der Waals surface area contributed by atoms with Crippen LogP contribution in [0.4, 0.5) is 0 Å². The molecule has 0 spiro atoms. The van der Waals surface area contributed by atoms with Crippen molar-refractivity contribution in [1.82, 2.24) is 10.2 Å². The predicted molar refractivity (Wildman–Crippen MR) is 61.1 cm³/mol. The topological polar surface area (TPSA) is 84.7 Å². The van der Waals surface area contributed by atoms with E-state index < -0.39 is 12.0 Å². The number of nitrogens with two attached hydrogens (primary N) is 1. The highest BCUT2D eigenvalue weighted by Crippen LogP contribution is 2.19. The van der Waals surface area contributed by atoms with E-state index >= 15 is 0 Å². The Balaban J connectivity index is 1.86. The molecule has 6 heteroatoms. The lowest BCUT2D eigenvalue weighted by atomic mass is 10.2. The lowest BCUT2D eigenvalue weighted by Crippen LogP contribution is -2.55. The third-order valence-electron chi connectivity index (χ3n) is 3.27. The Hall–Kier alpha value is -1.14. The van der Waals surface area contributed by atoms with Crippen molar-refractivity contribution in [2.75, 3.05) is 19.7 Å². The van der Waals surface area contributed by atoms with Gasteiger partial charge in [0.2, 0.25) is 11.8 Å². The first kappa shape index (κ1) is 12.3. The lowest BCUT2D eigenvalue weighted by molar-refractivity contribution is -0.140. The van der Waals surface area contributed by atoms with Crippen LogP contribution in [0.15, 0.2) is 0 Å². The van der Waals surface area contributed by atoms with Gasteiger partial charge in [0.05, 0.1) is 12.6 Å². The van der Waals surface area contributed by atoms with Gasteiger partial charge in [0.15, 0.2) is 0 Å². The van der Waals surface area contributed by atoms with E-state index in [-0.39, 0.29) is 11.9 Å². The van der Waals surface area contributed by atoms with Crippen molar-refractivity contribution in [3.8, 4) is 0 Å². The van der Waals surface area contributed by atoms with E-state index in [1.54, 1.807) is 0 Å². The van der Waals surface area contributed by atoms with Crippen LogP contribution in [-0.2, 0) is 14.3 Å². The Labute approximate surface area is 100 Å². The highest BCUT2D eigenvalue weighted by molar-refractivity contribution is 5.82. The first-order chi connectivity index (χ1) is 8.08. The van der Waals surface area contributed by atoms with Gasteiger partial charge in [-0.2, -0.15) is 0 Å². The molecule has 1 aliphatic heterocycles. The number of nitrogens with zero attached hydrogens (tertiary/aromatic N) is 1. The number of primary amides is 1. The number of rotatable bonds is 4. The van der Waals surface area contributed by atoms with Gasteiger partial charge in [0.25, 0.3) is 0 Å². The molecule has 2 amide bonds. The van der Waals surface area contributed by atoms with Crippen LogP contribution < -0.4 is 11.1 Å². The van der Waals surface area contributed by atoms with Gasteiger partial charge in [0.1, 0.15) is 6.10 Å². The van der Waals surface area contributed by atoms with Crippen LogP contribution in [0.2, 0.25) is 0 Å². The molecule has 96 valence electrons. The van der Waals surface area contributed by atoms with Gasteiger partial charge < -0.3 is 15.8 Å². The van der Waals surface area contributed by atoms with Crippen molar-refractivity contribution >= 4 is 11.8 Å². The van der Waals surface area contributed by atoms with E-state index in [4.69, 9.17) is 10.5 Å². The molecule has 0 aromatic rings. The lowest BCUT2D eigenvalue weighted by Gasteiger charge is -2.34. The van der Waals surface area contributed by atoms with Gasteiger partial charge in [-0.15, -0.1) is 0 Å². The molecule has 2 fully saturated rings. The van der Waals surface area contributed by atoms with Crippen molar-refractivity contribution in [2.45, 2.75) is 38.0 Å². The van der Waals surface area contributed by atoms with Gasteiger partial charge >= 0.3 is 0 Å². The number of ether oxygens (including phenoxy) is 1. The minimum atomic E-state index is -0.597. The molecule has 1 saturated carbocycles. The van der Waals surface area contributed by atoms with Gasteiger partial charge in [-0.25, -0.2) is 0 Å². The molecule has 2 rings (SSSR count). The van der Waals surface area contributed by atoms with E-state index in [1.165, 1.54) is 0 Å². The molecule has 2 aliphatic rings. The summed E-state index contributed by atoms with van der Waals surface area (Å²) in [6, 6.07) is 0.124. The molecule has 2 atom stereocenters. The standard InChI is InChI=1S/C11H19N3O3/c1-7(11(16)13-8-2-3-8)14-4-5-17-9(6-14)10(12)15/h7-9H,2-6H2,1H3,(H2,12,15)(H,13,16). The van der Waals surface area contributed by atoms with Gasteiger partial charge in [-0.05, 0) is 19.8 Å². The first-order valence-corrected chi connectivity index (χ1v) is 6.03. The highest BCUT2D eigenvalue weighted by Gasteiger charge is 2.32. The zero-order chi connectivity index (χ0) is 12.4. The maximum atomic E-state index is 11.9. The van der Waals surface area contributed by atoms with Crippen molar-refractivity contribution in [1.29, 1.82) is 0 Å². The number of carbonyl (C=O) groups excluding carboxylic acids is 2. The molecular formula is C11H19N3O3. The number of nitrogens with one attached hydrogen (secondary N) is 1. The van der Waals surface area contributed by atoms with Crippen LogP contribution in [0.25, 0.3) is 0 Å². The summed E-state index contributed by atoms with van der Waals surface area (Å²) in [5.41, 5.74) is 5.21. The van der Waals surface area contributed by atoms with Crippen LogP contribution in [-0.4, -0.2) is 54.6 Å².